The van der Waals surface area contributed by atoms with Crippen molar-refractivity contribution in [3.05, 3.63) is 53.9 Å². The van der Waals surface area contributed by atoms with Crippen molar-refractivity contribution in [1.29, 1.82) is 0 Å². The molecule has 0 spiro atoms. The zero-order valence-corrected chi connectivity index (χ0v) is 23.7. The lowest BCUT2D eigenvalue weighted by molar-refractivity contribution is -0.141. The van der Waals surface area contributed by atoms with E-state index in [2.05, 4.69) is 20.9 Å². The Kier molecular flexibility index (Phi) is 9.63. The van der Waals surface area contributed by atoms with E-state index in [1.807, 2.05) is 26.0 Å². The number of phenols is 1. The van der Waals surface area contributed by atoms with Crippen molar-refractivity contribution in [2.24, 2.45) is 5.92 Å². The fraction of sp³-hybridized carbons (Fsp3) is 0.533. The lowest BCUT2D eigenvalue weighted by atomic mass is 10.0. The topological polar surface area (TPSA) is 133 Å². The molecule has 4 N–H and O–H groups in total. The number of benzene rings is 1. The van der Waals surface area contributed by atoms with Crippen molar-refractivity contribution in [2.45, 2.75) is 83.1 Å². The summed E-state index contributed by atoms with van der Waals surface area (Å²) in [4.78, 5) is 46.3. The highest BCUT2D eigenvalue weighted by Gasteiger charge is 2.39. The lowest BCUT2D eigenvalue weighted by Gasteiger charge is -2.31. The van der Waals surface area contributed by atoms with Crippen LogP contribution in [-0.4, -0.2) is 76.6 Å². The minimum absolute atomic E-state index is 0.121. The van der Waals surface area contributed by atoms with Gasteiger partial charge in [0.15, 0.2) is 0 Å². The van der Waals surface area contributed by atoms with Crippen molar-refractivity contribution in [1.82, 2.24) is 25.8 Å². The number of amides is 3. The predicted molar refractivity (Wildman–Crippen MR) is 151 cm³/mol. The maximum atomic E-state index is 13.5. The van der Waals surface area contributed by atoms with Gasteiger partial charge in [0.05, 0.1) is 11.7 Å². The number of carbonyl (C=O) groups excluding carboxylic acids is 3. The zero-order chi connectivity index (χ0) is 28.8. The summed E-state index contributed by atoms with van der Waals surface area (Å²) >= 11 is 0. The molecule has 1 aromatic heterocycles. The molecule has 0 saturated heterocycles. The fourth-order valence-electron chi connectivity index (χ4n) is 4.88. The Balaban J connectivity index is 1.59. The van der Waals surface area contributed by atoms with Crippen LogP contribution in [0.3, 0.4) is 0 Å². The quantitative estimate of drug-likeness (QED) is 0.458. The third-order valence-corrected chi connectivity index (χ3v) is 7.68. The number of likely N-dealkylation sites (N-methyl/N-ethyl adjacent to an activating group) is 1. The molecule has 216 valence electrons. The maximum Gasteiger partial charge on any atom is 0.243 e. The first kappa shape index (κ1) is 29.3. The fourth-order valence-corrected chi connectivity index (χ4v) is 4.88. The number of ether oxygens (including phenoxy) is 1. The standard InChI is InChI=1S/C30H41N5O5/c1-18-7-14-24-26(6-5-15-31-24)40-19(2)17-32-27(22-10-11-22)30(39)35(4)20(3)28(37)34-25(29(38)33-18)16-21-8-12-23(36)13-9-21/h5-6,8-9,12-13,15,18-20,22,25,27,32,36H,7,10-11,14,16-17H2,1-4H3,(H,33,38)(H,34,37)/t18-,19-,20-,25-,27+/m1/s1. The Morgan fingerprint density at radius 3 is 2.42 bits per heavy atom. The molecular formula is C30H41N5O5. The van der Waals surface area contributed by atoms with E-state index in [9.17, 15) is 19.5 Å². The Hall–Kier alpha value is -3.66. The molecule has 1 aliphatic carbocycles. The van der Waals surface area contributed by atoms with Gasteiger partial charge in [0.1, 0.15) is 29.7 Å². The first-order chi connectivity index (χ1) is 19.1. The largest absolute Gasteiger partial charge is 0.508 e. The van der Waals surface area contributed by atoms with E-state index in [1.54, 1.807) is 44.4 Å². The summed E-state index contributed by atoms with van der Waals surface area (Å²) < 4.78 is 6.22. The van der Waals surface area contributed by atoms with Gasteiger partial charge in [0.25, 0.3) is 0 Å². The van der Waals surface area contributed by atoms with E-state index in [0.717, 1.165) is 24.1 Å². The molecule has 0 bridgehead atoms. The van der Waals surface area contributed by atoms with Gasteiger partial charge >= 0.3 is 0 Å². The molecule has 40 heavy (non-hydrogen) atoms. The smallest absolute Gasteiger partial charge is 0.243 e. The van der Waals surface area contributed by atoms with Crippen LogP contribution in [0.2, 0.25) is 0 Å². The summed E-state index contributed by atoms with van der Waals surface area (Å²) in [5.74, 6) is 0.136. The number of pyridine rings is 1. The molecule has 0 radical (unpaired) electrons. The van der Waals surface area contributed by atoms with Crippen molar-refractivity contribution < 1.29 is 24.2 Å². The second kappa shape index (κ2) is 13.1. The molecule has 5 atom stereocenters. The van der Waals surface area contributed by atoms with Gasteiger partial charge in [0.2, 0.25) is 17.7 Å². The van der Waals surface area contributed by atoms with E-state index in [-0.39, 0.29) is 42.0 Å². The van der Waals surface area contributed by atoms with E-state index in [4.69, 9.17) is 4.74 Å². The summed E-state index contributed by atoms with van der Waals surface area (Å²) in [6.07, 6.45) is 4.87. The Morgan fingerprint density at radius 2 is 1.73 bits per heavy atom. The normalized spacial score (nSPS) is 27.4. The average Bonchev–Trinajstić information content (AvgIpc) is 3.77. The Labute approximate surface area is 235 Å². The number of phenolic OH excluding ortho intramolecular Hbond substituents is 1. The van der Waals surface area contributed by atoms with Crippen molar-refractivity contribution in [3.63, 3.8) is 0 Å². The first-order valence-corrected chi connectivity index (χ1v) is 14.1. The number of aryl methyl sites for hydroxylation is 1. The number of hydrogen-bond donors (Lipinski definition) is 4. The van der Waals surface area contributed by atoms with E-state index >= 15 is 0 Å². The van der Waals surface area contributed by atoms with Gasteiger partial charge in [-0.25, -0.2) is 0 Å². The van der Waals surface area contributed by atoms with Crippen molar-refractivity contribution >= 4 is 17.7 Å². The van der Waals surface area contributed by atoms with Gasteiger partial charge in [-0.05, 0) is 82.2 Å². The molecule has 2 aliphatic rings. The van der Waals surface area contributed by atoms with E-state index < -0.39 is 24.0 Å². The highest BCUT2D eigenvalue weighted by molar-refractivity contribution is 5.93. The lowest BCUT2D eigenvalue weighted by Crippen LogP contribution is -2.57. The molecular weight excluding hydrogens is 510 g/mol. The number of nitrogens with zero attached hydrogens (tertiary/aromatic N) is 2. The average molecular weight is 552 g/mol. The van der Waals surface area contributed by atoms with Crippen LogP contribution in [0.15, 0.2) is 42.6 Å². The van der Waals surface area contributed by atoms with Crippen molar-refractivity contribution in [2.75, 3.05) is 13.6 Å². The van der Waals surface area contributed by atoms with Crippen LogP contribution in [0.5, 0.6) is 11.5 Å². The van der Waals surface area contributed by atoms with Gasteiger partial charge in [-0.3, -0.25) is 19.4 Å². The molecule has 4 rings (SSSR count). The molecule has 2 aromatic rings. The maximum absolute atomic E-state index is 13.5. The van der Waals surface area contributed by atoms with Gasteiger partial charge in [0, 0.05) is 32.3 Å². The number of rotatable bonds is 3. The number of nitrogens with one attached hydrogen (secondary N) is 3. The Bertz CT molecular complexity index is 1190. The first-order valence-electron chi connectivity index (χ1n) is 14.1. The van der Waals surface area contributed by atoms with Crippen LogP contribution < -0.4 is 20.7 Å². The predicted octanol–water partition coefficient (Wildman–Crippen LogP) is 1.95. The molecule has 2 heterocycles. The number of aromatic hydroxyl groups is 1. The number of fused-ring (bicyclic) bond motifs is 1. The van der Waals surface area contributed by atoms with Crippen LogP contribution in [0.1, 0.15) is 51.3 Å². The second-order valence-electron chi connectivity index (χ2n) is 11.1. The van der Waals surface area contributed by atoms with Gasteiger partial charge < -0.3 is 30.7 Å². The monoisotopic (exact) mass is 551 g/mol. The molecule has 10 nitrogen and oxygen atoms in total. The zero-order valence-electron chi connectivity index (χ0n) is 23.7. The van der Waals surface area contributed by atoms with Crippen LogP contribution in [0, 0.1) is 5.92 Å². The van der Waals surface area contributed by atoms with Gasteiger partial charge in [-0.2, -0.15) is 0 Å². The molecule has 1 aromatic carbocycles. The van der Waals surface area contributed by atoms with Crippen LogP contribution in [-0.2, 0) is 27.2 Å². The van der Waals surface area contributed by atoms with E-state index in [0.29, 0.717) is 25.1 Å². The molecule has 1 saturated carbocycles. The molecule has 1 fully saturated rings. The number of aromatic nitrogens is 1. The summed E-state index contributed by atoms with van der Waals surface area (Å²) in [5.41, 5.74) is 1.58. The summed E-state index contributed by atoms with van der Waals surface area (Å²) in [5, 5.41) is 19.0. The minimum atomic E-state index is -0.865. The molecule has 10 heteroatoms. The summed E-state index contributed by atoms with van der Waals surface area (Å²) in [6.45, 7) is 6.01. The summed E-state index contributed by atoms with van der Waals surface area (Å²) in [7, 11) is 1.63. The van der Waals surface area contributed by atoms with Gasteiger partial charge in [-0.15, -0.1) is 0 Å². The third-order valence-electron chi connectivity index (χ3n) is 7.68. The minimum Gasteiger partial charge on any atom is -0.508 e. The Morgan fingerprint density at radius 1 is 1.00 bits per heavy atom. The molecule has 1 aliphatic heterocycles. The van der Waals surface area contributed by atoms with Crippen LogP contribution in [0.25, 0.3) is 0 Å². The highest BCUT2D eigenvalue weighted by Crippen LogP contribution is 2.33. The second-order valence-corrected chi connectivity index (χ2v) is 11.1. The van der Waals surface area contributed by atoms with Crippen LogP contribution in [0.4, 0.5) is 0 Å². The highest BCUT2D eigenvalue weighted by atomic mass is 16.5. The SMILES string of the molecule is C[C@@H]1CCc2ncccc2O[C@H](C)CN[C@@H](C2CC2)C(=O)N(C)[C@H](C)C(=O)N[C@H](Cc2ccc(O)cc2)C(=O)N1. The van der Waals surface area contributed by atoms with E-state index in [1.165, 1.54) is 4.90 Å². The number of hydrogen-bond acceptors (Lipinski definition) is 7. The van der Waals surface area contributed by atoms with Gasteiger partial charge in [-0.1, -0.05) is 12.1 Å². The third kappa shape index (κ3) is 7.71. The van der Waals surface area contributed by atoms with Crippen molar-refractivity contribution in [3.8, 4) is 11.5 Å². The molecule has 0 unspecified atom stereocenters. The summed E-state index contributed by atoms with van der Waals surface area (Å²) in [6, 6.07) is 8.00. The molecule has 3 amide bonds. The number of carbonyl (C=O) groups is 3. The van der Waals surface area contributed by atoms with Crippen LogP contribution >= 0.6 is 0 Å².